The number of nitrogen functional groups attached to an aromatic ring is 1. The second kappa shape index (κ2) is 10.4. The second-order valence-electron chi connectivity index (χ2n) is 8.22. The van der Waals surface area contributed by atoms with Gasteiger partial charge in [-0.15, -0.1) is 11.3 Å². The fraction of sp³-hybridized carbons (Fsp3) is 0.0357. The van der Waals surface area contributed by atoms with Crippen LogP contribution in [0.15, 0.2) is 78.6 Å². The topological polar surface area (TPSA) is 92.9 Å². The Morgan fingerprint density at radius 3 is 2.44 bits per heavy atom. The number of urea groups is 1. The molecule has 0 saturated carbocycles. The minimum atomic E-state index is -4.88. The van der Waals surface area contributed by atoms with Gasteiger partial charge < -0.3 is 16.4 Å². The number of nitrogens with zero attached hydrogens (tertiary/aromatic N) is 2. The molecule has 11 heteroatoms. The highest BCUT2D eigenvalue weighted by molar-refractivity contribution is 7.18. The van der Waals surface area contributed by atoms with Gasteiger partial charge in [0.25, 0.3) is 0 Å². The van der Waals surface area contributed by atoms with Crippen molar-refractivity contribution in [3.05, 3.63) is 101 Å². The third-order valence-corrected chi connectivity index (χ3v) is 6.67. The van der Waals surface area contributed by atoms with Crippen molar-refractivity contribution in [2.75, 3.05) is 16.4 Å². The number of carbonyl (C=O) groups excluding carboxylic acids is 1. The molecule has 0 aliphatic rings. The molecule has 0 unspecified atom stereocenters. The van der Waals surface area contributed by atoms with Gasteiger partial charge in [-0.25, -0.2) is 14.2 Å². The zero-order valence-electron chi connectivity index (χ0n) is 19.8. The Kier molecular flexibility index (Phi) is 6.87. The first-order chi connectivity index (χ1) is 18.7. The average Bonchev–Trinajstić information content (AvgIpc) is 3.36. The summed E-state index contributed by atoms with van der Waals surface area (Å²) in [6.07, 6.45) is 0.0719. The van der Waals surface area contributed by atoms with E-state index in [2.05, 4.69) is 32.4 Å². The number of carbonyl (C=O) groups is 1. The minimum absolute atomic E-state index is 0.346. The number of nitrogens with one attached hydrogen (secondary N) is 2. The van der Waals surface area contributed by atoms with E-state index in [4.69, 9.17) is 5.73 Å². The maximum absolute atomic E-state index is 14.2. The van der Waals surface area contributed by atoms with Crippen LogP contribution in [-0.2, 0) is 6.18 Å². The van der Waals surface area contributed by atoms with Crippen LogP contribution in [0.5, 0.6) is 0 Å². The van der Waals surface area contributed by atoms with E-state index in [1.807, 2.05) is 5.38 Å². The smallest absolute Gasteiger partial charge is 0.383 e. The number of anilines is 3. The van der Waals surface area contributed by atoms with Gasteiger partial charge in [-0.3, -0.25) is 4.98 Å². The predicted octanol–water partition coefficient (Wildman–Crippen LogP) is 7.14. The lowest BCUT2D eigenvalue weighted by molar-refractivity contribution is -0.139. The van der Waals surface area contributed by atoms with Gasteiger partial charge in [0.15, 0.2) is 5.82 Å². The van der Waals surface area contributed by atoms with Gasteiger partial charge in [0.05, 0.1) is 21.5 Å². The zero-order valence-corrected chi connectivity index (χ0v) is 20.6. The summed E-state index contributed by atoms with van der Waals surface area (Å²) in [5.74, 6) is 5.01. The van der Waals surface area contributed by atoms with Crippen molar-refractivity contribution in [3.63, 3.8) is 0 Å². The Morgan fingerprint density at radius 1 is 0.974 bits per heavy atom. The number of alkyl halides is 3. The third-order valence-electron chi connectivity index (χ3n) is 5.65. The Balaban J connectivity index is 1.35. The summed E-state index contributed by atoms with van der Waals surface area (Å²) in [5, 5.41) is 7.28. The molecule has 5 rings (SSSR count). The maximum Gasteiger partial charge on any atom is 0.419 e. The molecule has 5 aromatic rings. The van der Waals surface area contributed by atoms with Crippen LogP contribution in [0.3, 0.4) is 0 Å². The highest BCUT2D eigenvalue weighted by atomic mass is 32.1. The van der Waals surface area contributed by atoms with Gasteiger partial charge >= 0.3 is 12.2 Å². The SMILES string of the molecule is Nc1ncc(C#Cc2ccncc2)c2scc(-c3ccc(NC(=O)Nc4cccc(C(F)(F)F)c4F)cc3)c12. The van der Waals surface area contributed by atoms with Crippen LogP contribution in [0.1, 0.15) is 16.7 Å². The monoisotopic (exact) mass is 547 g/mol. The van der Waals surface area contributed by atoms with Crippen LogP contribution >= 0.6 is 11.3 Å². The molecule has 0 bridgehead atoms. The highest BCUT2D eigenvalue weighted by Crippen LogP contribution is 2.39. The number of amides is 2. The summed E-state index contributed by atoms with van der Waals surface area (Å²) < 4.78 is 53.9. The average molecular weight is 548 g/mol. The van der Waals surface area contributed by atoms with Crippen LogP contribution in [0.4, 0.5) is 39.5 Å². The van der Waals surface area contributed by atoms with Crippen molar-refractivity contribution in [3.8, 4) is 23.0 Å². The number of hydrogen-bond donors (Lipinski definition) is 3. The standard InChI is InChI=1S/C28H17F4N5OS/c29-24-21(28(30,31)32)2-1-3-22(24)37-27(38)36-19-8-6-17(7-9-19)20-15-39-25-18(14-35-26(33)23(20)25)5-4-16-10-12-34-13-11-16/h1-3,6-15H,(H2,33,35)(H2,36,37,38). The molecule has 2 amide bonds. The van der Waals surface area contributed by atoms with Crippen molar-refractivity contribution >= 4 is 44.6 Å². The number of aromatic nitrogens is 2. The first kappa shape index (κ1) is 25.7. The molecule has 0 atom stereocenters. The molecule has 3 heterocycles. The summed E-state index contributed by atoms with van der Waals surface area (Å²) in [4.78, 5) is 20.6. The minimum Gasteiger partial charge on any atom is -0.383 e. The molecular formula is C28H17F4N5OS. The van der Waals surface area contributed by atoms with Crippen LogP contribution in [0, 0.1) is 17.7 Å². The van der Waals surface area contributed by atoms with Crippen LogP contribution in [-0.4, -0.2) is 16.0 Å². The summed E-state index contributed by atoms with van der Waals surface area (Å²) in [6.45, 7) is 0. The zero-order chi connectivity index (χ0) is 27.6. The number of thiophene rings is 1. The van der Waals surface area contributed by atoms with Crippen LogP contribution in [0.25, 0.3) is 21.2 Å². The van der Waals surface area contributed by atoms with E-state index in [-0.39, 0.29) is 0 Å². The molecule has 0 spiro atoms. The second-order valence-corrected chi connectivity index (χ2v) is 9.10. The molecule has 2 aromatic carbocycles. The molecule has 6 nitrogen and oxygen atoms in total. The molecule has 39 heavy (non-hydrogen) atoms. The van der Waals surface area contributed by atoms with E-state index in [9.17, 15) is 22.4 Å². The maximum atomic E-state index is 14.2. The Bertz CT molecular complexity index is 1740. The Hall–Kier alpha value is -4.95. The van der Waals surface area contributed by atoms with E-state index in [0.29, 0.717) is 17.6 Å². The van der Waals surface area contributed by atoms with Gasteiger partial charge in [-0.1, -0.05) is 30.0 Å². The number of benzene rings is 2. The fourth-order valence-corrected chi connectivity index (χ4v) is 4.86. The third kappa shape index (κ3) is 5.51. The molecular weight excluding hydrogens is 530 g/mol. The van der Waals surface area contributed by atoms with Crippen molar-refractivity contribution in [2.45, 2.75) is 6.18 Å². The lowest BCUT2D eigenvalue weighted by Crippen LogP contribution is -2.21. The van der Waals surface area contributed by atoms with Crippen molar-refractivity contribution in [1.29, 1.82) is 0 Å². The Labute approximate surface area is 223 Å². The summed E-state index contributed by atoms with van der Waals surface area (Å²) >= 11 is 1.47. The number of pyridine rings is 2. The normalized spacial score (nSPS) is 11.1. The van der Waals surface area contributed by atoms with E-state index in [1.54, 1.807) is 55.0 Å². The fourth-order valence-electron chi connectivity index (χ4n) is 3.81. The van der Waals surface area contributed by atoms with Gasteiger partial charge in [0.1, 0.15) is 5.82 Å². The number of hydrogen-bond acceptors (Lipinski definition) is 5. The molecule has 0 fully saturated rings. The molecule has 3 aromatic heterocycles. The molecule has 0 aliphatic heterocycles. The number of rotatable bonds is 3. The van der Waals surface area contributed by atoms with E-state index in [1.165, 1.54) is 11.3 Å². The van der Waals surface area contributed by atoms with Crippen LogP contribution in [0.2, 0.25) is 0 Å². The first-order valence-corrected chi connectivity index (χ1v) is 12.2. The quantitative estimate of drug-likeness (QED) is 0.165. The lowest BCUT2D eigenvalue weighted by atomic mass is 10.0. The summed E-state index contributed by atoms with van der Waals surface area (Å²) in [6, 6.07) is 12.1. The molecule has 0 saturated heterocycles. The van der Waals surface area contributed by atoms with E-state index in [0.717, 1.165) is 44.5 Å². The molecule has 0 aliphatic carbocycles. The Morgan fingerprint density at radius 2 is 1.72 bits per heavy atom. The van der Waals surface area contributed by atoms with Gasteiger partial charge in [0.2, 0.25) is 0 Å². The molecule has 0 radical (unpaired) electrons. The van der Waals surface area contributed by atoms with Gasteiger partial charge in [0, 0.05) is 40.8 Å². The van der Waals surface area contributed by atoms with Crippen LogP contribution < -0.4 is 16.4 Å². The van der Waals surface area contributed by atoms with Crippen molar-refractivity contribution < 1.29 is 22.4 Å². The molecule has 4 N–H and O–H groups in total. The summed E-state index contributed by atoms with van der Waals surface area (Å²) in [7, 11) is 0. The van der Waals surface area contributed by atoms with E-state index >= 15 is 0 Å². The number of nitrogens with two attached hydrogens (primary N) is 1. The largest absolute Gasteiger partial charge is 0.419 e. The molecule has 194 valence electrons. The predicted molar refractivity (Wildman–Crippen MR) is 144 cm³/mol. The van der Waals surface area contributed by atoms with Gasteiger partial charge in [-0.2, -0.15) is 13.2 Å². The van der Waals surface area contributed by atoms with Crippen molar-refractivity contribution in [2.24, 2.45) is 0 Å². The highest BCUT2D eigenvalue weighted by Gasteiger charge is 2.35. The first-order valence-electron chi connectivity index (χ1n) is 11.3. The van der Waals surface area contributed by atoms with E-state index < -0.39 is 29.3 Å². The van der Waals surface area contributed by atoms with Crippen molar-refractivity contribution in [1.82, 2.24) is 9.97 Å². The number of fused-ring (bicyclic) bond motifs is 1. The lowest BCUT2D eigenvalue weighted by Gasteiger charge is -2.13. The number of halogens is 4. The summed E-state index contributed by atoms with van der Waals surface area (Å²) in [5.41, 5.74) is 7.66. The van der Waals surface area contributed by atoms with Gasteiger partial charge in [-0.05, 0) is 47.3 Å².